The van der Waals surface area contributed by atoms with Gasteiger partial charge in [0.1, 0.15) is 0 Å². The molecule has 0 spiro atoms. The van der Waals surface area contributed by atoms with E-state index in [4.69, 9.17) is 0 Å². The number of thioether (sulfide) groups is 1. The molecule has 0 saturated carbocycles. The summed E-state index contributed by atoms with van der Waals surface area (Å²) < 4.78 is 0. The zero-order valence-corrected chi connectivity index (χ0v) is 10.6. The highest BCUT2D eigenvalue weighted by Gasteiger charge is 2.08. The summed E-state index contributed by atoms with van der Waals surface area (Å²) in [7, 11) is 4.10. The van der Waals surface area contributed by atoms with Crippen LogP contribution in [-0.4, -0.2) is 60.9 Å². The Morgan fingerprint density at radius 1 is 1.21 bits per heavy atom. The Hall–Kier alpha value is -0.220. The first-order chi connectivity index (χ1) is 6.61. The molecule has 0 N–H and O–H groups in total. The average Bonchev–Trinajstić information content (AvgIpc) is 2.14. The van der Waals surface area contributed by atoms with Gasteiger partial charge in [-0.3, -0.25) is 4.79 Å². The lowest BCUT2D eigenvalue weighted by atomic mass is 10.5. The molecule has 84 valence electrons. The zero-order valence-electron chi connectivity index (χ0n) is 9.75. The van der Waals surface area contributed by atoms with E-state index in [1.54, 1.807) is 11.8 Å². The van der Waals surface area contributed by atoms with Crippen LogP contribution >= 0.6 is 11.8 Å². The van der Waals surface area contributed by atoms with Crippen molar-refractivity contribution in [3.63, 3.8) is 0 Å². The van der Waals surface area contributed by atoms with Gasteiger partial charge in [-0.2, -0.15) is 11.8 Å². The lowest BCUT2D eigenvalue weighted by Crippen LogP contribution is -2.32. The maximum atomic E-state index is 11.5. The molecule has 0 aromatic rings. The Balaban J connectivity index is 3.52. The van der Waals surface area contributed by atoms with Crippen LogP contribution < -0.4 is 0 Å². The second-order valence-electron chi connectivity index (χ2n) is 3.42. The molecule has 0 aliphatic heterocycles. The van der Waals surface area contributed by atoms with E-state index >= 15 is 0 Å². The molecule has 0 heterocycles. The fourth-order valence-electron chi connectivity index (χ4n) is 1.07. The van der Waals surface area contributed by atoms with Crippen LogP contribution in [0.15, 0.2) is 0 Å². The van der Waals surface area contributed by atoms with Gasteiger partial charge in [-0.15, -0.1) is 0 Å². The molecule has 0 aromatic carbocycles. The first kappa shape index (κ1) is 13.8. The third-order valence-corrected chi connectivity index (χ3v) is 2.95. The average molecular weight is 218 g/mol. The predicted octanol–water partition coefficient (Wildman–Crippen LogP) is 1.15. The Kier molecular flexibility index (Phi) is 7.99. The van der Waals surface area contributed by atoms with Gasteiger partial charge in [-0.1, -0.05) is 0 Å². The van der Waals surface area contributed by atoms with E-state index in [0.717, 1.165) is 25.4 Å². The molecule has 0 radical (unpaired) electrons. The van der Waals surface area contributed by atoms with E-state index in [2.05, 4.69) is 4.90 Å². The van der Waals surface area contributed by atoms with E-state index in [9.17, 15) is 4.79 Å². The van der Waals surface area contributed by atoms with Gasteiger partial charge in [0.25, 0.3) is 0 Å². The van der Waals surface area contributed by atoms with Crippen molar-refractivity contribution < 1.29 is 4.79 Å². The third-order valence-electron chi connectivity index (χ3n) is 2.02. The summed E-state index contributed by atoms with van der Waals surface area (Å²) in [6.07, 6.45) is 0. The van der Waals surface area contributed by atoms with Crippen molar-refractivity contribution in [1.29, 1.82) is 0 Å². The molecular formula is C10H22N2OS. The molecule has 0 aromatic heterocycles. The topological polar surface area (TPSA) is 23.6 Å². The molecule has 0 aliphatic rings. The van der Waals surface area contributed by atoms with Crippen LogP contribution in [0, 0.1) is 0 Å². The van der Waals surface area contributed by atoms with Crippen molar-refractivity contribution >= 4 is 17.7 Å². The van der Waals surface area contributed by atoms with Crippen LogP contribution in [0.3, 0.4) is 0 Å². The van der Waals surface area contributed by atoms with Gasteiger partial charge in [-0.25, -0.2) is 0 Å². The van der Waals surface area contributed by atoms with Gasteiger partial charge in [-0.05, 0) is 27.9 Å². The summed E-state index contributed by atoms with van der Waals surface area (Å²) in [5, 5.41) is 0. The summed E-state index contributed by atoms with van der Waals surface area (Å²) in [5.74, 6) is 1.91. The molecule has 0 aliphatic carbocycles. The normalized spacial score (nSPS) is 10.6. The van der Waals surface area contributed by atoms with E-state index in [1.807, 2.05) is 32.8 Å². The minimum Gasteiger partial charge on any atom is -0.343 e. The maximum Gasteiger partial charge on any atom is 0.232 e. The first-order valence-electron chi connectivity index (χ1n) is 5.12. The Morgan fingerprint density at radius 3 is 2.21 bits per heavy atom. The fraction of sp³-hybridized carbons (Fsp3) is 0.900. The Labute approximate surface area is 91.8 Å². The summed E-state index contributed by atoms with van der Waals surface area (Å²) >= 11 is 1.72. The highest BCUT2D eigenvalue weighted by molar-refractivity contribution is 7.99. The Morgan fingerprint density at radius 2 is 1.79 bits per heavy atom. The largest absolute Gasteiger partial charge is 0.343 e. The SMILES string of the molecule is CCN(CC)C(=O)CSCCN(C)C. The molecular weight excluding hydrogens is 196 g/mol. The van der Waals surface area contributed by atoms with Crippen molar-refractivity contribution in [2.24, 2.45) is 0 Å². The summed E-state index contributed by atoms with van der Waals surface area (Å²) in [5.41, 5.74) is 0. The van der Waals surface area contributed by atoms with E-state index in [1.165, 1.54) is 0 Å². The first-order valence-corrected chi connectivity index (χ1v) is 6.27. The highest BCUT2D eigenvalue weighted by atomic mass is 32.2. The van der Waals surface area contributed by atoms with Gasteiger partial charge in [0.05, 0.1) is 5.75 Å². The van der Waals surface area contributed by atoms with E-state index in [-0.39, 0.29) is 5.91 Å². The molecule has 0 rings (SSSR count). The minimum absolute atomic E-state index is 0.263. The number of carbonyl (C=O) groups is 1. The monoisotopic (exact) mass is 218 g/mol. The molecule has 4 heteroatoms. The lowest BCUT2D eigenvalue weighted by molar-refractivity contribution is -0.127. The van der Waals surface area contributed by atoms with Crippen molar-refractivity contribution in [1.82, 2.24) is 9.80 Å². The molecule has 14 heavy (non-hydrogen) atoms. The quantitative estimate of drug-likeness (QED) is 0.599. The highest BCUT2D eigenvalue weighted by Crippen LogP contribution is 2.02. The zero-order chi connectivity index (χ0) is 11.0. The molecule has 1 amide bonds. The molecule has 0 atom stereocenters. The van der Waals surface area contributed by atoms with Gasteiger partial charge in [0, 0.05) is 25.4 Å². The standard InChI is InChI=1S/C10H22N2OS/c1-5-12(6-2)10(13)9-14-8-7-11(3)4/h5-9H2,1-4H3. The molecule has 0 saturated heterocycles. The van der Waals surface area contributed by atoms with Crippen LogP contribution in [0.4, 0.5) is 0 Å². The van der Waals surface area contributed by atoms with E-state index < -0.39 is 0 Å². The second-order valence-corrected chi connectivity index (χ2v) is 4.53. The predicted molar refractivity (Wildman–Crippen MR) is 63.8 cm³/mol. The van der Waals surface area contributed by atoms with Crippen LogP contribution in [0.2, 0.25) is 0 Å². The third kappa shape index (κ3) is 6.27. The molecule has 3 nitrogen and oxygen atoms in total. The lowest BCUT2D eigenvalue weighted by Gasteiger charge is -2.18. The van der Waals surface area contributed by atoms with Crippen LogP contribution in [-0.2, 0) is 4.79 Å². The second kappa shape index (κ2) is 8.12. The number of hydrogen-bond donors (Lipinski definition) is 0. The van der Waals surface area contributed by atoms with Crippen LogP contribution in [0.5, 0.6) is 0 Å². The molecule has 0 bridgehead atoms. The smallest absolute Gasteiger partial charge is 0.232 e. The molecule has 0 unspecified atom stereocenters. The summed E-state index contributed by atoms with van der Waals surface area (Å²) in [6, 6.07) is 0. The number of rotatable bonds is 7. The van der Waals surface area contributed by atoms with Gasteiger partial charge < -0.3 is 9.80 Å². The molecule has 0 fully saturated rings. The summed E-state index contributed by atoms with van der Waals surface area (Å²) in [6.45, 7) is 6.72. The number of hydrogen-bond acceptors (Lipinski definition) is 3. The van der Waals surface area contributed by atoms with Crippen LogP contribution in [0.25, 0.3) is 0 Å². The van der Waals surface area contributed by atoms with Crippen molar-refractivity contribution in [3.8, 4) is 0 Å². The van der Waals surface area contributed by atoms with Gasteiger partial charge in [0.2, 0.25) is 5.91 Å². The van der Waals surface area contributed by atoms with Crippen LogP contribution in [0.1, 0.15) is 13.8 Å². The maximum absolute atomic E-state index is 11.5. The van der Waals surface area contributed by atoms with Gasteiger partial charge >= 0.3 is 0 Å². The number of amides is 1. The number of carbonyl (C=O) groups excluding carboxylic acids is 1. The fourth-order valence-corrected chi connectivity index (χ4v) is 2.07. The van der Waals surface area contributed by atoms with Gasteiger partial charge in [0.15, 0.2) is 0 Å². The minimum atomic E-state index is 0.263. The number of nitrogens with zero attached hydrogens (tertiary/aromatic N) is 2. The Bertz CT molecular complexity index is 158. The van der Waals surface area contributed by atoms with E-state index in [0.29, 0.717) is 5.75 Å². The van der Waals surface area contributed by atoms with Crippen molar-refractivity contribution in [3.05, 3.63) is 0 Å². The summed E-state index contributed by atoms with van der Waals surface area (Å²) in [4.78, 5) is 15.6. The van der Waals surface area contributed by atoms with Crippen molar-refractivity contribution in [2.45, 2.75) is 13.8 Å². The van der Waals surface area contributed by atoms with Crippen molar-refractivity contribution in [2.75, 3.05) is 45.2 Å².